The minimum Gasteiger partial charge on any atom is -0.390 e. The van der Waals surface area contributed by atoms with Gasteiger partial charge in [-0.25, -0.2) is 0 Å². The molecule has 1 amide bonds. The molecule has 7 nitrogen and oxygen atoms in total. The number of halogens is 3. The first kappa shape index (κ1) is 25.6. The van der Waals surface area contributed by atoms with Crippen molar-refractivity contribution in [2.75, 3.05) is 28.5 Å². The maximum Gasteiger partial charge on any atom is 0.296 e. The number of alkyl halides is 3. The van der Waals surface area contributed by atoms with Gasteiger partial charge in [0, 0.05) is 28.9 Å². The first-order chi connectivity index (χ1) is 16.5. The number of aromatic nitrogens is 2. The molecule has 10 heteroatoms. The van der Waals surface area contributed by atoms with Crippen LogP contribution in [0.4, 0.5) is 20.3 Å². The summed E-state index contributed by atoms with van der Waals surface area (Å²) in [6.45, 7) is 5.82. The van der Waals surface area contributed by atoms with Gasteiger partial charge in [-0.15, -0.1) is 5.10 Å². The Balaban J connectivity index is 1.80. The van der Waals surface area contributed by atoms with Crippen molar-refractivity contribution in [1.82, 2.24) is 10.2 Å². The number of benzene rings is 2. The van der Waals surface area contributed by atoms with Crippen LogP contribution >= 0.6 is 22.6 Å². The fourth-order valence-electron chi connectivity index (χ4n) is 4.76. The summed E-state index contributed by atoms with van der Waals surface area (Å²) in [7, 11) is 1.71. The van der Waals surface area contributed by atoms with Gasteiger partial charge in [-0.1, -0.05) is 40.8 Å². The van der Waals surface area contributed by atoms with Crippen molar-refractivity contribution in [2.45, 2.75) is 45.3 Å². The van der Waals surface area contributed by atoms with Crippen LogP contribution in [-0.4, -0.2) is 39.5 Å². The summed E-state index contributed by atoms with van der Waals surface area (Å²) in [6, 6.07) is 8.08. The van der Waals surface area contributed by atoms with Crippen LogP contribution in [0.15, 0.2) is 30.3 Å². The predicted octanol–water partition coefficient (Wildman–Crippen LogP) is 5.10. The number of amides is 1. The number of aryl methyl sites for hydroxylation is 1. The minimum atomic E-state index is -3.33. The molecule has 2 heterocycles. The van der Waals surface area contributed by atoms with Crippen molar-refractivity contribution >= 4 is 50.8 Å². The van der Waals surface area contributed by atoms with E-state index in [0.29, 0.717) is 27.3 Å². The summed E-state index contributed by atoms with van der Waals surface area (Å²) in [6.07, 6.45) is 0. The highest BCUT2D eigenvalue weighted by atomic mass is 127. The molecule has 2 N–H and O–H groups in total. The van der Waals surface area contributed by atoms with Gasteiger partial charge in [0.1, 0.15) is 6.61 Å². The summed E-state index contributed by atoms with van der Waals surface area (Å²) >= 11 is 2.08. The van der Waals surface area contributed by atoms with Crippen LogP contribution in [0.3, 0.4) is 0 Å². The number of hydrogen-bond acceptors (Lipinski definition) is 6. The van der Waals surface area contributed by atoms with E-state index in [1.165, 1.54) is 6.07 Å². The molecule has 0 bridgehead atoms. The van der Waals surface area contributed by atoms with E-state index < -0.39 is 18.1 Å². The second-order valence-electron chi connectivity index (χ2n) is 8.95. The van der Waals surface area contributed by atoms with Crippen molar-refractivity contribution in [3.63, 3.8) is 0 Å². The molecule has 0 fully saturated rings. The molecule has 0 saturated carbocycles. The highest BCUT2D eigenvalue weighted by Crippen LogP contribution is 2.45. The maximum absolute atomic E-state index is 14.2. The van der Waals surface area contributed by atoms with Crippen molar-refractivity contribution in [3.05, 3.63) is 58.3 Å². The number of ether oxygens (including phenoxy) is 1. The van der Waals surface area contributed by atoms with E-state index in [-0.39, 0.29) is 17.5 Å². The summed E-state index contributed by atoms with van der Waals surface area (Å²) in [5, 5.41) is 22.7. The van der Waals surface area contributed by atoms with E-state index in [9.17, 15) is 13.6 Å². The molecule has 1 unspecified atom stereocenters. The second-order valence-corrected chi connectivity index (χ2v) is 9.57. The Hall–Kier alpha value is -2.44. The molecular formula is C25H27F2IN4O3. The van der Waals surface area contributed by atoms with Crippen LogP contribution in [0.2, 0.25) is 0 Å². The Morgan fingerprint density at radius 2 is 1.97 bits per heavy atom. The van der Waals surface area contributed by atoms with E-state index in [2.05, 4.69) is 38.1 Å². The molecule has 2 atom stereocenters. The van der Waals surface area contributed by atoms with Gasteiger partial charge in [0.2, 0.25) is 0 Å². The van der Waals surface area contributed by atoms with Gasteiger partial charge in [-0.2, -0.15) is 13.9 Å². The lowest BCUT2D eigenvalue weighted by Gasteiger charge is -2.23. The minimum absolute atomic E-state index is 0.154. The smallest absolute Gasteiger partial charge is 0.296 e. The van der Waals surface area contributed by atoms with Crippen molar-refractivity contribution in [2.24, 2.45) is 0 Å². The number of hydrogen-bond donors (Lipinski definition) is 2. The number of aliphatic hydroxyl groups excluding tert-OH is 1. The van der Waals surface area contributed by atoms with Gasteiger partial charge in [0.25, 0.3) is 11.8 Å². The van der Waals surface area contributed by atoms with Crippen molar-refractivity contribution in [1.29, 1.82) is 0 Å². The van der Waals surface area contributed by atoms with E-state index in [1.807, 2.05) is 26.0 Å². The molecular weight excluding hydrogens is 569 g/mol. The first-order valence-corrected chi connectivity index (χ1v) is 12.6. The number of aliphatic hydroxyl groups is 1. The zero-order valence-corrected chi connectivity index (χ0v) is 22.3. The average molecular weight is 596 g/mol. The maximum atomic E-state index is 14.2. The van der Waals surface area contributed by atoms with Crippen LogP contribution < -0.4 is 10.2 Å². The van der Waals surface area contributed by atoms with Gasteiger partial charge in [-0.05, 0) is 51.0 Å². The Labute approximate surface area is 216 Å². The van der Waals surface area contributed by atoms with Gasteiger partial charge in [0.15, 0.2) is 11.4 Å². The summed E-state index contributed by atoms with van der Waals surface area (Å²) in [4.78, 5) is 14.6. The van der Waals surface area contributed by atoms with E-state index >= 15 is 0 Å². The lowest BCUT2D eigenvalue weighted by atomic mass is 9.93. The third kappa shape index (κ3) is 4.15. The number of rotatable bonds is 7. The number of carbonyl (C=O) groups is 1. The van der Waals surface area contributed by atoms with Gasteiger partial charge in [0.05, 0.1) is 22.0 Å². The Morgan fingerprint density at radius 1 is 1.26 bits per heavy atom. The number of likely N-dealkylation sites (N-methyl/N-ethyl adjacent to an activating group) is 1. The zero-order valence-electron chi connectivity index (χ0n) is 20.1. The normalized spacial score (nSPS) is 18.8. The third-order valence-corrected chi connectivity index (χ3v) is 7.11. The molecule has 35 heavy (non-hydrogen) atoms. The summed E-state index contributed by atoms with van der Waals surface area (Å²) in [5.41, 5.74) is 1.93. The van der Waals surface area contributed by atoms with E-state index in [0.717, 1.165) is 22.0 Å². The molecule has 0 aliphatic carbocycles. The van der Waals surface area contributed by atoms with E-state index in [4.69, 9.17) is 9.84 Å². The molecule has 3 aromatic rings. The van der Waals surface area contributed by atoms with Gasteiger partial charge in [-0.3, -0.25) is 4.79 Å². The zero-order chi connectivity index (χ0) is 25.7. The van der Waals surface area contributed by atoms with Crippen molar-refractivity contribution < 1.29 is 23.4 Å². The monoisotopic (exact) mass is 596 g/mol. The fraction of sp³-hybridized carbons (Fsp3) is 0.400. The van der Waals surface area contributed by atoms with Gasteiger partial charge < -0.3 is 20.1 Å². The molecule has 186 valence electrons. The van der Waals surface area contributed by atoms with Gasteiger partial charge >= 0.3 is 0 Å². The molecule has 0 radical (unpaired) electrons. The Bertz CT molecular complexity index is 1320. The largest absolute Gasteiger partial charge is 0.390 e. The van der Waals surface area contributed by atoms with Crippen LogP contribution in [0.1, 0.15) is 47.8 Å². The average Bonchev–Trinajstić information content (AvgIpc) is 3.01. The predicted molar refractivity (Wildman–Crippen MR) is 139 cm³/mol. The fourth-order valence-corrected chi connectivity index (χ4v) is 5.39. The molecule has 1 aliphatic rings. The van der Waals surface area contributed by atoms with Crippen LogP contribution in [0, 0.1) is 13.8 Å². The number of fused-ring (bicyclic) bond motifs is 2. The highest BCUT2D eigenvalue weighted by Gasteiger charge is 2.47. The molecule has 1 aliphatic heterocycles. The van der Waals surface area contributed by atoms with Crippen LogP contribution in [0.25, 0.3) is 10.8 Å². The SMILES string of the molecule is Cc1c([C@@H](C)Nc2nnc(C)c3cc4c(cc23)N(C)C(=O)C4(C)OCI)cccc1C(F)(F)CO. The lowest BCUT2D eigenvalue weighted by molar-refractivity contribution is -0.137. The third-order valence-electron chi connectivity index (χ3n) is 6.80. The number of carbonyl (C=O) groups excluding carboxylic acids is 1. The topological polar surface area (TPSA) is 87.6 Å². The molecule has 1 aromatic heterocycles. The summed E-state index contributed by atoms with van der Waals surface area (Å²) in [5.74, 6) is -3.01. The van der Waals surface area contributed by atoms with Crippen LogP contribution in [0.5, 0.6) is 0 Å². The first-order valence-electron chi connectivity index (χ1n) is 11.1. The number of anilines is 2. The van der Waals surface area contributed by atoms with E-state index in [1.54, 1.807) is 37.9 Å². The standard InChI is InChI=1S/C25H27F2IN4O3/c1-13-16(7-6-8-19(13)25(26,27)11-33)14(2)29-22-18-10-21-20(9-17(18)15(3)30-31-22)24(4,35-12-28)23(34)32(21)5/h6-10,14,33H,11-12H2,1-5H3,(H,29,31)/t14-,24?/m1/s1. The summed E-state index contributed by atoms with van der Waals surface area (Å²) < 4.78 is 34.7. The second kappa shape index (κ2) is 9.21. The lowest BCUT2D eigenvalue weighted by Crippen LogP contribution is -2.38. The molecule has 2 aromatic carbocycles. The number of nitrogens with one attached hydrogen (secondary N) is 1. The number of nitrogens with zero attached hydrogens (tertiary/aromatic N) is 3. The highest BCUT2D eigenvalue weighted by molar-refractivity contribution is 14.1. The Kier molecular flexibility index (Phi) is 6.75. The van der Waals surface area contributed by atoms with Crippen LogP contribution in [-0.2, 0) is 21.1 Å². The quantitative estimate of drug-likeness (QED) is 0.292. The molecule has 0 saturated heterocycles. The Morgan fingerprint density at radius 3 is 2.63 bits per heavy atom. The molecule has 4 rings (SSSR count). The van der Waals surface area contributed by atoms with Crippen molar-refractivity contribution in [3.8, 4) is 0 Å². The molecule has 0 spiro atoms.